The number of carbonyl (C=O) groups is 2. The summed E-state index contributed by atoms with van der Waals surface area (Å²) in [5, 5.41) is 5.04. The molecular formula is C26H22Cl2F6N6O2S2. The number of nitrogens with zero attached hydrogens (tertiary/aromatic N) is 2. The van der Waals surface area contributed by atoms with E-state index >= 15 is 0 Å². The molecule has 2 aromatic heterocycles. The zero-order valence-electron chi connectivity index (χ0n) is 22.5. The lowest BCUT2D eigenvalue weighted by Crippen LogP contribution is -2.12. The van der Waals surface area contributed by atoms with Crippen LogP contribution in [0.4, 0.5) is 37.7 Å². The Morgan fingerprint density at radius 1 is 0.727 bits per heavy atom. The van der Waals surface area contributed by atoms with Gasteiger partial charge < -0.3 is 22.1 Å². The second-order valence-corrected chi connectivity index (χ2v) is 11.9. The third-order valence-electron chi connectivity index (χ3n) is 5.33. The molecule has 0 saturated carbocycles. The minimum absolute atomic E-state index is 0.00234. The average molecular weight is 700 g/mol. The van der Waals surface area contributed by atoms with E-state index in [2.05, 4.69) is 20.6 Å². The topological polar surface area (TPSA) is 136 Å². The number of rotatable bonds is 6. The molecule has 44 heavy (non-hydrogen) atoms. The highest BCUT2D eigenvalue weighted by Crippen LogP contribution is 2.37. The Hall–Kier alpha value is -3.28. The smallest absolute Gasteiger partial charge is 0.322 e. The van der Waals surface area contributed by atoms with E-state index in [0.29, 0.717) is 10.0 Å². The van der Waals surface area contributed by atoms with E-state index in [1.807, 2.05) is 0 Å². The summed E-state index contributed by atoms with van der Waals surface area (Å²) < 4.78 is 76.6. The van der Waals surface area contributed by atoms with Crippen LogP contribution in [0, 0.1) is 0 Å². The van der Waals surface area contributed by atoms with Crippen LogP contribution in [0.25, 0.3) is 0 Å². The fourth-order valence-electron chi connectivity index (χ4n) is 3.23. The fourth-order valence-corrected chi connectivity index (χ4v) is 5.21. The quantitative estimate of drug-likeness (QED) is 0.150. The highest BCUT2D eigenvalue weighted by Gasteiger charge is 2.34. The minimum atomic E-state index is -4.59. The first-order valence-electron chi connectivity index (χ1n) is 12.2. The molecule has 0 radical (unpaired) electrons. The van der Waals surface area contributed by atoms with Crippen LogP contribution in [-0.4, -0.2) is 21.8 Å². The van der Waals surface area contributed by atoms with E-state index in [9.17, 15) is 35.9 Å². The molecule has 8 nitrogen and oxygen atoms in total. The Morgan fingerprint density at radius 2 is 1.07 bits per heavy atom. The lowest BCUT2D eigenvalue weighted by atomic mass is 10.2. The number of amides is 2. The summed E-state index contributed by atoms with van der Waals surface area (Å²) in [5.74, 6) is -1.11. The van der Waals surface area contributed by atoms with Crippen LogP contribution in [0.2, 0.25) is 10.0 Å². The molecule has 0 fully saturated rings. The van der Waals surface area contributed by atoms with Crippen molar-refractivity contribution < 1.29 is 35.9 Å². The van der Waals surface area contributed by atoms with Gasteiger partial charge in [-0.2, -0.15) is 26.3 Å². The maximum Gasteiger partial charge on any atom is 0.417 e. The molecule has 6 N–H and O–H groups in total. The second-order valence-electron chi connectivity index (χ2n) is 9.00. The Kier molecular flexibility index (Phi) is 11.4. The SMILES string of the molecule is C[C@@H](N)c1ncc(C(=O)Nc2ccc(Cl)c(C(F)(F)F)c2)s1.C[C@H](N)c1ncc(C(=O)Nc2ccc(Cl)c(C(F)(F)F)c2)s1. The molecule has 2 heterocycles. The molecule has 2 atom stereocenters. The van der Waals surface area contributed by atoms with Crippen molar-refractivity contribution >= 4 is 69.1 Å². The summed E-state index contributed by atoms with van der Waals surface area (Å²) >= 11 is 13.2. The summed E-state index contributed by atoms with van der Waals surface area (Å²) in [6.45, 7) is 3.44. The van der Waals surface area contributed by atoms with Gasteiger partial charge in [0.2, 0.25) is 0 Å². The van der Waals surface area contributed by atoms with Crippen molar-refractivity contribution in [2.45, 2.75) is 38.3 Å². The Morgan fingerprint density at radius 3 is 1.34 bits per heavy atom. The molecule has 0 aliphatic heterocycles. The van der Waals surface area contributed by atoms with Crippen molar-refractivity contribution in [3.63, 3.8) is 0 Å². The molecule has 2 amide bonds. The van der Waals surface area contributed by atoms with Gasteiger partial charge in [0.05, 0.1) is 45.6 Å². The number of nitrogens with one attached hydrogen (secondary N) is 2. The summed E-state index contributed by atoms with van der Waals surface area (Å²) in [5.41, 5.74) is 9.26. The van der Waals surface area contributed by atoms with Crippen molar-refractivity contribution in [3.8, 4) is 0 Å². The summed E-state index contributed by atoms with van der Waals surface area (Å²) in [6, 6.07) is 5.69. The number of carbonyl (C=O) groups excluding carboxylic acids is 2. The van der Waals surface area contributed by atoms with Gasteiger partial charge >= 0.3 is 12.4 Å². The summed E-state index contributed by atoms with van der Waals surface area (Å²) in [4.78, 5) is 32.5. The molecule has 0 aliphatic rings. The summed E-state index contributed by atoms with van der Waals surface area (Å²) in [6.07, 6.45) is -6.52. The number of aromatic nitrogens is 2. The fraction of sp³-hybridized carbons (Fsp3) is 0.231. The number of halogens is 8. The molecular weight excluding hydrogens is 677 g/mol. The van der Waals surface area contributed by atoms with Crippen LogP contribution >= 0.6 is 45.9 Å². The van der Waals surface area contributed by atoms with Crippen molar-refractivity contribution in [2.75, 3.05) is 10.6 Å². The van der Waals surface area contributed by atoms with Crippen molar-refractivity contribution in [1.82, 2.24) is 9.97 Å². The van der Waals surface area contributed by atoms with Gasteiger partial charge in [0.25, 0.3) is 11.8 Å². The number of hydrogen-bond donors (Lipinski definition) is 4. The van der Waals surface area contributed by atoms with E-state index in [1.54, 1.807) is 13.8 Å². The van der Waals surface area contributed by atoms with Crippen LogP contribution < -0.4 is 22.1 Å². The first-order valence-corrected chi connectivity index (χ1v) is 14.5. The maximum absolute atomic E-state index is 12.8. The zero-order valence-corrected chi connectivity index (χ0v) is 25.6. The third kappa shape index (κ3) is 9.36. The molecule has 0 saturated heterocycles. The van der Waals surface area contributed by atoms with Gasteiger partial charge in [0.1, 0.15) is 19.8 Å². The number of nitrogens with two attached hydrogens (primary N) is 2. The van der Waals surface area contributed by atoms with Gasteiger partial charge in [-0.25, -0.2) is 9.97 Å². The monoisotopic (exact) mass is 698 g/mol. The molecule has 2 aromatic carbocycles. The Labute approximate surface area is 264 Å². The van der Waals surface area contributed by atoms with Crippen LogP contribution in [0.3, 0.4) is 0 Å². The van der Waals surface area contributed by atoms with E-state index in [4.69, 9.17) is 34.7 Å². The highest BCUT2D eigenvalue weighted by molar-refractivity contribution is 7.14. The number of benzene rings is 2. The first kappa shape index (κ1) is 35.2. The Bertz CT molecular complexity index is 1520. The van der Waals surface area contributed by atoms with Crippen LogP contribution in [-0.2, 0) is 12.4 Å². The third-order valence-corrected chi connectivity index (χ3v) is 8.39. The number of hydrogen-bond acceptors (Lipinski definition) is 8. The van der Waals surface area contributed by atoms with Crippen LogP contribution in [0.15, 0.2) is 48.8 Å². The normalized spacial score (nSPS) is 13.0. The first-order chi connectivity index (χ1) is 20.4. The van der Waals surface area contributed by atoms with E-state index < -0.39 is 45.3 Å². The molecule has 0 unspecified atom stereocenters. The van der Waals surface area contributed by atoms with Crippen molar-refractivity contribution in [3.05, 3.63) is 89.7 Å². The predicted molar refractivity (Wildman–Crippen MR) is 158 cm³/mol. The molecule has 236 valence electrons. The number of alkyl halides is 6. The molecule has 4 aromatic rings. The zero-order chi connectivity index (χ0) is 33.0. The van der Waals surface area contributed by atoms with Gasteiger partial charge in [0, 0.05) is 11.4 Å². The Balaban J connectivity index is 0.000000240. The van der Waals surface area contributed by atoms with Crippen molar-refractivity contribution in [1.29, 1.82) is 0 Å². The van der Waals surface area contributed by atoms with E-state index in [0.717, 1.165) is 46.9 Å². The molecule has 18 heteroatoms. The lowest BCUT2D eigenvalue weighted by Gasteiger charge is -2.11. The van der Waals surface area contributed by atoms with Gasteiger partial charge in [-0.3, -0.25) is 9.59 Å². The average Bonchev–Trinajstić information content (AvgIpc) is 3.61. The van der Waals surface area contributed by atoms with Crippen molar-refractivity contribution in [2.24, 2.45) is 11.5 Å². The number of anilines is 2. The van der Waals surface area contributed by atoms with Gasteiger partial charge in [-0.15, -0.1) is 22.7 Å². The molecule has 0 spiro atoms. The largest absolute Gasteiger partial charge is 0.417 e. The van der Waals surface area contributed by atoms with Crippen LogP contribution in [0.1, 0.15) is 66.4 Å². The van der Waals surface area contributed by atoms with Gasteiger partial charge in [-0.1, -0.05) is 23.2 Å². The lowest BCUT2D eigenvalue weighted by molar-refractivity contribution is -0.138. The highest BCUT2D eigenvalue weighted by atomic mass is 35.5. The maximum atomic E-state index is 12.8. The molecule has 0 bridgehead atoms. The van der Waals surface area contributed by atoms with E-state index in [1.165, 1.54) is 24.5 Å². The number of thiazole rings is 2. The minimum Gasteiger partial charge on any atom is -0.322 e. The molecule has 4 rings (SSSR count). The van der Waals surface area contributed by atoms with Crippen LogP contribution in [0.5, 0.6) is 0 Å². The van der Waals surface area contributed by atoms with Gasteiger partial charge in [-0.05, 0) is 50.2 Å². The molecule has 0 aliphatic carbocycles. The predicted octanol–water partition coefficient (Wildman–Crippen LogP) is 8.17. The van der Waals surface area contributed by atoms with Gasteiger partial charge in [0.15, 0.2) is 0 Å². The second kappa shape index (κ2) is 14.2. The van der Waals surface area contributed by atoms with E-state index in [-0.39, 0.29) is 33.2 Å². The summed E-state index contributed by atoms with van der Waals surface area (Å²) in [7, 11) is 0. The standard InChI is InChI=1S/2C13H11ClF3N3OS/c2*1-6(18)12-19-5-10(22-12)11(21)20-7-2-3-9(14)8(4-7)13(15,16)17/h2*2-6H,18H2,1H3,(H,20,21)/t2*6-/m10/s1.